The predicted octanol–water partition coefficient (Wildman–Crippen LogP) is -0.142. The second-order valence-electron chi connectivity index (χ2n) is 3.68. The molecule has 0 saturated heterocycles. The Morgan fingerprint density at radius 1 is 1.44 bits per heavy atom. The number of carboxylic acids is 1. The molecule has 1 heterocycles. The first-order chi connectivity index (χ1) is 8.54. The maximum absolute atomic E-state index is 11.6. The molecule has 1 aromatic rings. The Morgan fingerprint density at radius 2 is 2.17 bits per heavy atom. The number of aryl methyl sites for hydroxylation is 1. The van der Waals surface area contributed by atoms with E-state index in [0.29, 0.717) is 6.54 Å². The lowest BCUT2D eigenvalue weighted by molar-refractivity contribution is -0.136. The van der Waals surface area contributed by atoms with Gasteiger partial charge in [0.2, 0.25) is 0 Å². The van der Waals surface area contributed by atoms with Gasteiger partial charge < -0.3 is 10.4 Å². The smallest absolute Gasteiger partial charge is 0.305 e. The van der Waals surface area contributed by atoms with Gasteiger partial charge >= 0.3 is 5.97 Å². The molecule has 0 saturated carbocycles. The third-order valence-electron chi connectivity index (χ3n) is 2.16. The van der Waals surface area contributed by atoms with E-state index >= 15 is 0 Å². The number of aromatic nitrogens is 2. The number of rotatable bonds is 6. The largest absolute Gasteiger partial charge is 0.481 e. The Kier molecular flexibility index (Phi) is 5.04. The zero-order chi connectivity index (χ0) is 13.5. The monoisotopic (exact) mass is 253 g/mol. The van der Waals surface area contributed by atoms with Gasteiger partial charge in [0.05, 0.1) is 6.42 Å². The fourth-order valence-electron chi connectivity index (χ4n) is 1.32. The van der Waals surface area contributed by atoms with E-state index in [2.05, 4.69) is 10.4 Å². The number of hydrogen-bond donors (Lipinski definition) is 2. The van der Waals surface area contributed by atoms with Crippen LogP contribution in [0.1, 0.15) is 30.3 Å². The van der Waals surface area contributed by atoms with Gasteiger partial charge in [-0.25, -0.2) is 4.68 Å². The number of carbonyl (C=O) groups excluding carboxylic acids is 1. The van der Waals surface area contributed by atoms with Crippen LogP contribution in [-0.2, 0) is 11.3 Å². The molecule has 1 aromatic heterocycles. The van der Waals surface area contributed by atoms with Crippen LogP contribution in [0.15, 0.2) is 16.9 Å². The molecule has 0 aliphatic carbocycles. The van der Waals surface area contributed by atoms with Crippen molar-refractivity contribution >= 4 is 11.9 Å². The maximum Gasteiger partial charge on any atom is 0.305 e. The Balaban J connectivity index is 2.71. The Morgan fingerprint density at radius 3 is 2.78 bits per heavy atom. The van der Waals surface area contributed by atoms with Gasteiger partial charge in [-0.2, -0.15) is 5.10 Å². The van der Waals surface area contributed by atoms with Gasteiger partial charge in [0.1, 0.15) is 5.69 Å². The van der Waals surface area contributed by atoms with Gasteiger partial charge in [0, 0.05) is 19.2 Å². The van der Waals surface area contributed by atoms with Crippen molar-refractivity contribution in [3.63, 3.8) is 0 Å². The number of hydrogen-bond acceptors (Lipinski definition) is 4. The van der Waals surface area contributed by atoms with Crippen molar-refractivity contribution in [2.24, 2.45) is 0 Å². The van der Waals surface area contributed by atoms with Crippen LogP contribution in [0.3, 0.4) is 0 Å². The molecule has 0 unspecified atom stereocenters. The van der Waals surface area contributed by atoms with E-state index in [-0.39, 0.29) is 24.2 Å². The standard InChI is InChI=1S/C11H15N3O4/c1-2-7-14-9(15)4-3-8(13-14)11(18)12-6-5-10(16)17/h3-4H,2,5-7H2,1H3,(H,12,18)(H,16,17). The summed E-state index contributed by atoms with van der Waals surface area (Å²) in [5.41, 5.74) is -0.160. The van der Waals surface area contributed by atoms with Crippen molar-refractivity contribution in [3.05, 3.63) is 28.2 Å². The molecular weight excluding hydrogens is 238 g/mol. The minimum absolute atomic E-state index is 0.0305. The first-order valence-electron chi connectivity index (χ1n) is 5.62. The molecule has 0 aliphatic heterocycles. The van der Waals surface area contributed by atoms with Gasteiger partial charge in [-0.3, -0.25) is 14.4 Å². The fourth-order valence-corrected chi connectivity index (χ4v) is 1.32. The molecular formula is C11H15N3O4. The van der Waals surface area contributed by atoms with Crippen molar-refractivity contribution in [2.75, 3.05) is 6.54 Å². The molecule has 0 atom stereocenters. The molecule has 0 fully saturated rings. The number of carbonyl (C=O) groups is 2. The summed E-state index contributed by atoms with van der Waals surface area (Å²) in [5, 5.41) is 14.8. The first-order valence-corrected chi connectivity index (χ1v) is 5.62. The number of aliphatic carboxylic acids is 1. The Bertz CT molecular complexity index is 495. The third-order valence-corrected chi connectivity index (χ3v) is 2.16. The molecule has 1 amide bonds. The molecule has 0 aromatic carbocycles. The van der Waals surface area contributed by atoms with Crippen LogP contribution in [-0.4, -0.2) is 33.3 Å². The third kappa shape index (κ3) is 4.00. The van der Waals surface area contributed by atoms with Crippen LogP contribution in [0, 0.1) is 0 Å². The highest BCUT2D eigenvalue weighted by atomic mass is 16.4. The molecule has 0 radical (unpaired) electrons. The summed E-state index contributed by atoms with van der Waals surface area (Å²) in [7, 11) is 0. The summed E-state index contributed by atoms with van der Waals surface area (Å²) in [6, 6.07) is 2.60. The number of carboxylic acid groups (broad SMARTS) is 1. The first kappa shape index (κ1) is 13.9. The van der Waals surface area contributed by atoms with E-state index in [1.807, 2.05) is 6.92 Å². The Hall–Kier alpha value is -2.18. The summed E-state index contributed by atoms with van der Waals surface area (Å²) in [5.74, 6) is -1.47. The topological polar surface area (TPSA) is 101 Å². The lowest BCUT2D eigenvalue weighted by atomic mass is 10.3. The van der Waals surface area contributed by atoms with Crippen molar-refractivity contribution in [2.45, 2.75) is 26.3 Å². The van der Waals surface area contributed by atoms with E-state index in [0.717, 1.165) is 6.42 Å². The van der Waals surface area contributed by atoms with Crippen LogP contribution >= 0.6 is 0 Å². The summed E-state index contributed by atoms with van der Waals surface area (Å²) in [6.07, 6.45) is 0.581. The lowest BCUT2D eigenvalue weighted by Crippen LogP contribution is -2.30. The quantitative estimate of drug-likeness (QED) is 0.734. The van der Waals surface area contributed by atoms with Crippen molar-refractivity contribution in [3.8, 4) is 0 Å². The minimum atomic E-state index is -0.987. The van der Waals surface area contributed by atoms with Crippen LogP contribution in [0.4, 0.5) is 0 Å². The molecule has 2 N–H and O–H groups in total. The highest BCUT2D eigenvalue weighted by Gasteiger charge is 2.09. The summed E-state index contributed by atoms with van der Waals surface area (Å²) >= 11 is 0. The molecule has 7 heteroatoms. The number of nitrogens with zero attached hydrogens (tertiary/aromatic N) is 2. The highest BCUT2D eigenvalue weighted by Crippen LogP contribution is 1.92. The van der Waals surface area contributed by atoms with Crippen molar-refractivity contribution < 1.29 is 14.7 Å². The molecule has 0 spiro atoms. The Labute approximate surface area is 103 Å². The number of amides is 1. The average molecular weight is 253 g/mol. The second-order valence-corrected chi connectivity index (χ2v) is 3.68. The van der Waals surface area contributed by atoms with Crippen LogP contribution < -0.4 is 10.9 Å². The molecule has 7 nitrogen and oxygen atoms in total. The lowest BCUT2D eigenvalue weighted by Gasteiger charge is -2.06. The van der Waals surface area contributed by atoms with E-state index in [1.165, 1.54) is 16.8 Å². The van der Waals surface area contributed by atoms with E-state index in [4.69, 9.17) is 5.11 Å². The zero-order valence-electron chi connectivity index (χ0n) is 10.0. The fraction of sp³-hybridized carbons (Fsp3) is 0.455. The molecule has 0 bridgehead atoms. The van der Waals surface area contributed by atoms with Crippen molar-refractivity contribution in [1.82, 2.24) is 15.1 Å². The summed E-state index contributed by atoms with van der Waals surface area (Å²) < 4.78 is 1.21. The van der Waals surface area contributed by atoms with Gasteiger partial charge in [-0.15, -0.1) is 0 Å². The molecule has 0 aliphatic rings. The zero-order valence-corrected chi connectivity index (χ0v) is 10.0. The van der Waals surface area contributed by atoms with Crippen LogP contribution in [0.25, 0.3) is 0 Å². The molecule has 98 valence electrons. The van der Waals surface area contributed by atoms with Crippen LogP contribution in [0.5, 0.6) is 0 Å². The van der Waals surface area contributed by atoms with Crippen LogP contribution in [0.2, 0.25) is 0 Å². The van der Waals surface area contributed by atoms with Gasteiger partial charge in [0.15, 0.2) is 0 Å². The highest BCUT2D eigenvalue weighted by molar-refractivity contribution is 5.92. The summed E-state index contributed by atoms with van der Waals surface area (Å²) in [4.78, 5) is 33.3. The SMILES string of the molecule is CCCn1nc(C(=O)NCCC(=O)O)ccc1=O. The van der Waals surface area contributed by atoms with Crippen molar-refractivity contribution in [1.29, 1.82) is 0 Å². The average Bonchev–Trinajstić information content (AvgIpc) is 2.31. The molecule has 18 heavy (non-hydrogen) atoms. The van der Waals surface area contributed by atoms with Gasteiger partial charge in [-0.05, 0) is 12.5 Å². The van der Waals surface area contributed by atoms with Gasteiger partial charge in [-0.1, -0.05) is 6.92 Å². The summed E-state index contributed by atoms with van der Waals surface area (Å²) in [6.45, 7) is 2.37. The van der Waals surface area contributed by atoms with E-state index < -0.39 is 11.9 Å². The van der Waals surface area contributed by atoms with Gasteiger partial charge in [0.25, 0.3) is 11.5 Å². The second kappa shape index (κ2) is 6.53. The van der Waals surface area contributed by atoms with E-state index in [1.54, 1.807) is 0 Å². The number of nitrogens with one attached hydrogen (secondary N) is 1. The maximum atomic E-state index is 11.6. The minimum Gasteiger partial charge on any atom is -0.481 e. The van der Waals surface area contributed by atoms with E-state index in [9.17, 15) is 14.4 Å². The molecule has 1 rings (SSSR count). The predicted molar refractivity (Wildman–Crippen MR) is 63.4 cm³/mol. The normalized spacial score (nSPS) is 10.1.